The largest absolute Gasteiger partial charge is 0.507 e. The van der Waals surface area contributed by atoms with Crippen LogP contribution in [0.4, 0.5) is 5.69 Å². The average Bonchev–Trinajstić information content (AvgIpc) is 3.21. The summed E-state index contributed by atoms with van der Waals surface area (Å²) in [7, 11) is -0.116. The Morgan fingerprint density at radius 2 is 1.24 bits per heavy atom. The van der Waals surface area contributed by atoms with E-state index in [-0.39, 0.29) is 16.9 Å². The van der Waals surface area contributed by atoms with Crippen LogP contribution in [0.3, 0.4) is 0 Å². The lowest BCUT2D eigenvalue weighted by molar-refractivity contribution is -0.671. The molecular formula is C37H40N3O4S+3. The van der Waals surface area contributed by atoms with Crippen molar-refractivity contribution in [3.63, 3.8) is 0 Å². The molecule has 4 aromatic rings. The molecule has 230 valence electrons. The maximum absolute atomic E-state index is 11.5. The summed E-state index contributed by atoms with van der Waals surface area (Å²) in [6, 6.07) is 20.1. The standard InChI is InChI=1S/C37H38N3O4S/c1-37(2)33-8-5-6-9-34(33)40(20-7-25-45(42,43)44)35(37)15-12-30-26-31(13-10-28-16-21-38(3)22-17-28)36(41)32(27-30)14-11-29-18-23-39(4)24-19-29/h5-6,8-19,21-24,26-27H,7,20,25H2,1-4H3/q+1/p+2. The van der Waals surface area contributed by atoms with Gasteiger partial charge in [-0.25, -0.2) is 9.13 Å². The Morgan fingerprint density at radius 1 is 0.733 bits per heavy atom. The number of rotatable bonds is 10. The lowest BCUT2D eigenvalue weighted by atomic mass is 9.81. The van der Waals surface area contributed by atoms with Gasteiger partial charge in [0.2, 0.25) is 5.69 Å². The molecule has 1 aliphatic heterocycles. The van der Waals surface area contributed by atoms with Crippen LogP contribution in [-0.4, -0.2) is 40.7 Å². The highest BCUT2D eigenvalue weighted by Crippen LogP contribution is 2.40. The van der Waals surface area contributed by atoms with Gasteiger partial charge >= 0.3 is 0 Å². The van der Waals surface area contributed by atoms with Crippen molar-refractivity contribution in [3.8, 4) is 5.75 Å². The van der Waals surface area contributed by atoms with Crippen LogP contribution in [0, 0.1) is 0 Å². The molecule has 0 unspecified atom stereocenters. The first kappa shape index (κ1) is 31.8. The summed E-state index contributed by atoms with van der Waals surface area (Å²) < 4.78 is 38.3. The van der Waals surface area contributed by atoms with Crippen LogP contribution in [0.1, 0.15) is 53.6 Å². The monoisotopic (exact) mass is 622 g/mol. The second kappa shape index (κ2) is 13.1. The van der Waals surface area contributed by atoms with Gasteiger partial charge in [0.15, 0.2) is 30.5 Å². The molecule has 45 heavy (non-hydrogen) atoms. The summed E-state index contributed by atoms with van der Waals surface area (Å²) in [5, 5.41) is 11.3. The molecule has 0 amide bonds. The van der Waals surface area contributed by atoms with Gasteiger partial charge in [0.1, 0.15) is 26.4 Å². The Kier molecular flexibility index (Phi) is 9.27. The number of aromatic nitrogens is 2. The first-order valence-electron chi connectivity index (χ1n) is 14.9. The summed E-state index contributed by atoms with van der Waals surface area (Å²) in [6.45, 7) is 4.77. The topological polar surface area (TPSA) is 85.4 Å². The number of aryl methyl sites for hydroxylation is 2. The van der Waals surface area contributed by atoms with E-state index in [1.807, 2.05) is 133 Å². The molecule has 7 nitrogen and oxygen atoms in total. The number of fused-ring (bicyclic) bond motifs is 1. The Balaban J connectivity index is 1.56. The van der Waals surface area contributed by atoms with E-state index in [0.717, 1.165) is 33.7 Å². The van der Waals surface area contributed by atoms with Crippen LogP contribution in [0.15, 0.2) is 91.5 Å². The SMILES string of the molecule is C[n+]1ccc(/C=C/c2cc(/C=C/C3=[N+](CCCS(=O)(=O)O)c4ccccc4C3(C)C)cc(/C=C/c3cc[n+](C)cc3)c2O)cc1. The first-order valence-corrected chi connectivity index (χ1v) is 16.5. The molecule has 0 saturated carbocycles. The lowest BCUT2D eigenvalue weighted by Crippen LogP contribution is -2.28. The van der Waals surface area contributed by atoms with Crippen LogP contribution < -0.4 is 9.13 Å². The number of pyridine rings is 2. The molecule has 0 aliphatic carbocycles. The lowest BCUT2D eigenvalue weighted by Gasteiger charge is -2.15. The first-order chi connectivity index (χ1) is 21.4. The quantitative estimate of drug-likeness (QED) is 0.174. The average molecular weight is 623 g/mol. The number of phenolic OH excluding ortho intramolecular Hbond substituents is 1. The summed E-state index contributed by atoms with van der Waals surface area (Å²) in [6.07, 6.45) is 20.1. The van der Waals surface area contributed by atoms with E-state index in [1.54, 1.807) is 0 Å². The van der Waals surface area contributed by atoms with E-state index in [1.165, 1.54) is 0 Å². The molecule has 2 aromatic carbocycles. The van der Waals surface area contributed by atoms with Gasteiger partial charge in [0.05, 0.1) is 11.2 Å². The molecule has 2 aromatic heterocycles. The molecule has 0 fully saturated rings. The van der Waals surface area contributed by atoms with Crippen LogP contribution in [0.25, 0.3) is 30.4 Å². The van der Waals surface area contributed by atoms with Crippen LogP contribution in [0.2, 0.25) is 0 Å². The number of aromatic hydroxyl groups is 1. The minimum atomic E-state index is -4.06. The molecule has 8 heteroatoms. The predicted octanol–water partition coefficient (Wildman–Crippen LogP) is 5.75. The number of hydrogen-bond acceptors (Lipinski definition) is 3. The van der Waals surface area contributed by atoms with E-state index < -0.39 is 10.1 Å². The van der Waals surface area contributed by atoms with E-state index in [2.05, 4.69) is 30.6 Å². The molecule has 0 bridgehead atoms. The fourth-order valence-corrected chi connectivity index (χ4v) is 6.13. The molecule has 1 aliphatic rings. The zero-order valence-electron chi connectivity index (χ0n) is 26.1. The molecule has 0 atom stereocenters. The molecule has 2 N–H and O–H groups in total. The summed E-state index contributed by atoms with van der Waals surface area (Å²) in [5.41, 5.74) is 7.19. The summed E-state index contributed by atoms with van der Waals surface area (Å²) >= 11 is 0. The van der Waals surface area contributed by atoms with E-state index in [0.29, 0.717) is 24.1 Å². The third-order valence-corrected chi connectivity index (χ3v) is 8.93. The van der Waals surface area contributed by atoms with Crippen molar-refractivity contribution < 1.29 is 31.8 Å². The molecule has 0 spiro atoms. The van der Waals surface area contributed by atoms with E-state index in [4.69, 9.17) is 0 Å². The van der Waals surface area contributed by atoms with Crippen molar-refractivity contribution in [1.29, 1.82) is 0 Å². The van der Waals surface area contributed by atoms with Gasteiger partial charge < -0.3 is 5.11 Å². The number of nitrogens with zero attached hydrogens (tertiary/aromatic N) is 3. The van der Waals surface area contributed by atoms with Crippen molar-refractivity contribution in [1.82, 2.24) is 0 Å². The zero-order chi connectivity index (χ0) is 32.2. The number of hydrogen-bond donors (Lipinski definition) is 2. The highest BCUT2D eigenvalue weighted by atomic mass is 32.2. The van der Waals surface area contributed by atoms with Gasteiger partial charge in [-0.1, -0.05) is 42.5 Å². The third kappa shape index (κ3) is 7.71. The van der Waals surface area contributed by atoms with Crippen LogP contribution in [0.5, 0.6) is 5.75 Å². The Bertz CT molecular complexity index is 1860. The Labute approximate surface area is 265 Å². The second-order valence-electron chi connectivity index (χ2n) is 12.0. The Hall–Kier alpha value is -4.66. The normalized spacial score (nSPS) is 14.7. The highest BCUT2D eigenvalue weighted by Gasteiger charge is 2.43. The van der Waals surface area contributed by atoms with Crippen LogP contribution >= 0.6 is 0 Å². The summed E-state index contributed by atoms with van der Waals surface area (Å²) in [4.78, 5) is 0. The fraction of sp³-hybridized carbons (Fsp3) is 0.216. The fourth-order valence-electron chi connectivity index (χ4n) is 5.64. The van der Waals surface area contributed by atoms with Crippen molar-refractivity contribution in [2.75, 3.05) is 12.3 Å². The van der Waals surface area contributed by atoms with Gasteiger partial charge in [-0.15, -0.1) is 0 Å². The minimum absolute atomic E-state index is 0.190. The van der Waals surface area contributed by atoms with Crippen molar-refractivity contribution in [2.45, 2.75) is 25.7 Å². The van der Waals surface area contributed by atoms with Crippen molar-refractivity contribution in [3.05, 3.63) is 125 Å². The van der Waals surface area contributed by atoms with Crippen molar-refractivity contribution >= 4 is 51.9 Å². The molecule has 0 radical (unpaired) electrons. The predicted molar refractivity (Wildman–Crippen MR) is 181 cm³/mol. The smallest absolute Gasteiger partial charge is 0.265 e. The molecule has 5 rings (SSSR count). The molecule has 3 heterocycles. The third-order valence-electron chi connectivity index (χ3n) is 8.13. The maximum atomic E-state index is 11.5. The Morgan fingerprint density at radius 3 is 1.78 bits per heavy atom. The van der Waals surface area contributed by atoms with Gasteiger partial charge in [-0.2, -0.15) is 13.0 Å². The zero-order valence-corrected chi connectivity index (χ0v) is 26.9. The number of allylic oxidation sites excluding steroid dienone is 1. The molecular weight excluding hydrogens is 582 g/mol. The van der Waals surface area contributed by atoms with Crippen LogP contribution in [-0.2, 0) is 29.6 Å². The molecule has 0 saturated heterocycles. The summed E-state index contributed by atoms with van der Waals surface area (Å²) in [5.74, 6) is -0.109. The maximum Gasteiger partial charge on any atom is 0.265 e. The highest BCUT2D eigenvalue weighted by molar-refractivity contribution is 7.85. The van der Waals surface area contributed by atoms with Gasteiger partial charge in [0.25, 0.3) is 10.1 Å². The van der Waals surface area contributed by atoms with E-state index >= 15 is 0 Å². The number of phenols is 1. The minimum Gasteiger partial charge on any atom is -0.507 e. The second-order valence-corrected chi connectivity index (χ2v) is 13.5. The van der Waals surface area contributed by atoms with Gasteiger partial charge in [-0.3, -0.25) is 4.55 Å². The number of para-hydroxylation sites is 1. The van der Waals surface area contributed by atoms with E-state index in [9.17, 15) is 18.1 Å². The van der Waals surface area contributed by atoms with Gasteiger partial charge in [0, 0.05) is 59.5 Å². The van der Waals surface area contributed by atoms with Gasteiger partial charge in [-0.05, 0) is 48.7 Å². The van der Waals surface area contributed by atoms with Crippen molar-refractivity contribution in [2.24, 2.45) is 14.1 Å². The number of benzene rings is 2.